The molecule has 4 rings (SSSR count). The molecule has 0 bridgehead atoms. The van der Waals surface area contributed by atoms with Crippen LogP contribution in [0.2, 0.25) is 0 Å². The average molecular weight is 503 g/mol. The van der Waals surface area contributed by atoms with Crippen LogP contribution in [0.25, 0.3) is 11.2 Å². The highest BCUT2D eigenvalue weighted by atomic mass is 16.6. The molecular formula is C23H30N6O7. The summed E-state index contributed by atoms with van der Waals surface area (Å²) in [4.78, 5) is 24.8. The number of carbonyl (C=O) groups excluding carboxylic acids is 1. The summed E-state index contributed by atoms with van der Waals surface area (Å²) in [6.07, 6.45) is -1.25. The second-order valence-corrected chi connectivity index (χ2v) is 8.19. The molecule has 3 heterocycles. The number of hydrogen-bond donors (Lipinski definition) is 5. The smallest absolute Gasteiger partial charge is 0.224 e. The number of carbonyl (C=O) groups is 1. The monoisotopic (exact) mass is 502 g/mol. The van der Waals surface area contributed by atoms with Crippen LogP contribution in [0.3, 0.4) is 0 Å². The number of anilines is 1. The van der Waals surface area contributed by atoms with Gasteiger partial charge in [-0.1, -0.05) is 12.1 Å². The Morgan fingerprint density at radius 3 is 2.78 bits per heavy atom. The standard InChI is InChI=1S/C23H30N6O7/c1-34-15-4-2-3-14(9-15)10-17(31)24-5-7-35-8-6-25-21-18-22(27-12-26-21)29(13-28-18)23-20(33)19(32)16(11-30)36-23/h2-4,9,12-13,16,19-20,23,30,32-33H,5-8,10-11H2,1H3,(H,24,31)(H,25,26,27)/t16-,19-,20-,23-/m1/s1. The van der Waals surface area contributed by atoms with Crippen LogP contribution in [0.5, 0.6) is 5.75 Å². The highest BCUT2D eigenvalue weighted by molar-refractivity contribution is 5.82. The van der Waals surface area contributed by atoms with Gasteiger partial charge in [-0.15, -0.1) is 0 Å². The number of nitrogens with zero attached hydrogens (tertiary/aromatic N) is 4. The van der Waals surface area contributed by atoms with Crippen molar-refractivity contribution in [2.24, 2.45) is 0 Å². The van der Waals surface area contributed by atoms with Gasteiger partial charge in [0.2, 0.25) is 5.91 Å². The number of ether oxygens (including phenoxy) is 3. The van der Waals surface area contributed by atoms with Gasteiger partial charge in [-0.2, -0.15) is 0 Å². The Morgan fingerprint density at radius 1 is 1.17 bits per heavy atom. The molecule has 0 radical (unpaired) electrons. The van der Waals surface area contributed by atoms with Crippen LogP contribution in [-0.4, -0.2) is 99.1 Å². The van der Waals surface area contributed by atoms with Gasteiger partial charge in [0, 0.05) is 13.1 Å². The minimum Gasteiger partial charge on any atom is -0.497 e. The number of aliphatic hydroxyl groups is 3. The molecule has 0 aliphatic carbocycles. The third kappa shape index (κ3) is 5.88. The van der Waals surface area contributed by atoms with Crippen molar-refractivity contribution in [2.75, 3.05) is 45.3 Å². The van der Waals surface area contributed by atoms with Crippen LogP contribution in [0, 0.1) is 0 Å². The molecule has 0 spiro atoms. The molecule has 1 amide bonds. The van der Waals surface area contributed by atoms with Crippen molar-refractivity contribution in [3.63, 3.8) is 0 Å². The van der Waals surface area contributed by atoms with Crippen LogP contribution in [-0.2, 0) is 20.7 Å². The summed E-state index contributed by atoms with van der Waals surface area (Å²) in [7, 11) is 1.59. The van der Waals surface area contributed by atoms with E-state index in [1.54, 1.807) is 7.11 Å². The van der Waals surface area contributed by atoms with Crippen molar-refractivity contribution in [2.45, 2.75) is 31.0 Å². The number of benzene rings is 1. The fourth-order valence-electron chi connectivity index (χ4n) is 3.91. The van der Waals surface area contributed by atoms with E-state index in [0.717, 1.165) is 5.56 Å². The van der Waals surface area contributed by atoms with Crippen molar-refractivity contribution in [3.05, 3.63) is 42.5 Å². The molecule has 0 unspecified atom stereocenters. The highest BCUT2D eigenvalue weighted by Crippen LogP contribution is 2.32. The van der Waals surface area contributed by atoms with Crippen molar-refractivity contribution in [3.8, 4) is 5.75 Å². The largest absolute Gasteiger partial charge is 0.497 e. The summed E-state index contributed by atoms with van der Waals surface area (Å²) in [5.74, 6) is 1.08. The SMILES string of the molecule is COc1cccc(CC(=O)NCCOCCNc2ncnc3c2ncn3[C@@H]2O[C@H](CO)[C@@H](O)[C@H]2O)c1. The Hall–Kier alpha value is -3.36. The number of nitrogens with one attached hydrogen (secondary N) is 2. The van der Waals surface area contributed by atoms with Gasteiger partial charge >= 0.3 is 0 Å². The molecule has 13 heteroatoms. The maximum atomic E-state index is 12.1. The molecule has 1 aromatic carbocycles. The van der Waals surface area contributed by atoms with Crippen molar-refractivity contribution < 1.29 is 34.3 Å². The van der Waals surface area contributed by atoms with Crippen LogP contribution in [0.15, 0.2) is 36.9 Å². The fraction of sp³-hybridized carbons (Fsp3) is 0.478. The second kappa shape index (κ2) is 12.1. The third-order valence-electron chi connectivity index (χ3n) is 5.76. The van der Waals surface area contributed by atoms with Gasteiger partial charge in [-0.3, -0.25) is 9.36 Å². The van der Waals surface area contributed by atoms with Crippen molar-refractivity contribution in [1.29, 1.82) is 0 Å². The Kier molecular flexibility index (Phi) is 8.61. The maximum absolute atomic E-state index is 12.1. The predicted molar refractivity (Wildman–Crippen MR) is 127 cm³/mol. The molecule has 13 nitrogen and oxygen atoms in total. The Bertz CT molecular complexity index is 1160. The Morgan fingerprint density at radius 2 is 2.00 bits per heavy atom. The van der Waals surface area contributed by atoms with Crippen molar-refractivity contribution in [1.82, 2.24) is 24.8 Å². The van der Waals surface area contributed by atoms with Gasteiger partial charge < -0.3 is 40.2 Å². The molecule has 1 aliphatic rings. The minimum absolute atomic E-state index is 0.0990. The summed E-state index contributed by atoms with van der Waals surface area (Å²) in [5.41, 5.74) is 1.73. The first-order valence-corrected chi connectivity index (χ1v) is 11.5. The van der Waals surface area contributed by atoms with Gasteiger partial charge in [0.25, 0.3) is 0 Å². The Balaban J connectivity index is 1.20. The number of imidazole rings is 1. The molecule has 3 aromatic rings. The van der Waals surface area contributed by atoms with Crippen LogP contribution >= 0.6 is 0 Å². The molecule has 5 N–H and O–H groups in total. The van der Waals surface area contributed by atoms with E-state index in [0.29, 0.717) is 49.0 Å². The van der Waals surface area contributed by atoms with Gasteiger partial charge in [-0.05, 0) is 17.7 Å². The lowest BCUT2D eigenvalue weighted by Crippen LogP contribution is -2.33. The van der Waals surface area contributed by atoms with Gasteiger partial charge in [0.1, 0.15) is 30.4 Å². The van der Waals surface area contributed by atoms with Crippen LogP contribution < -0.4 is 15.4 Å². The van der Waals surface area contributed by atoms with E-state index in [1.165, 1.54) is 17.2 Å². The number of hydrogen-bond acceptors (Lipinski definition) is 11. The predicted octanol–water partition coefficient (Wildman–Crippen LogP) is -0.766. The molecule has 4 atom stereocenters. The first kappa shape index (κ1) is 25.7. The van der Waals surface area contributed by atoms with Crippen molar-refractivity contribution >= 4 is 22.9 Å². The van der Waals surface area contributed by atoms with E-state index in [1.807, 2.05) is 24.3 Å². The van der Waals surface area contributed by atoms with E-state index in [-0.39, 0.29) is 12.3 Å². The summed E-state index contributed by atoms with van der Waals surface area (Å²) in [6, 6.07) is 7.37. The molecule has 2 aromatic heterocycles. The highest BCUT2D eigenvalue weighted by Gasteiger charge is 2.44. The summed E-state index contributed by atoms with van der Waals surface area (Å²) in [5, 5.41) is 35.6. The number of aliphatic hydroxyl groups excluding tert-OH is 3. The van der Waals surface area contributed by atoms with E-state index in [4.69, 9.17) is 14.2 Å². The lowest BCUT2D eigenvalue weighted by Gasteiger charge is -2.16. The summed E-state index contributed by atoms with van der Waals surface area (Å²) >= 11 is 0. The van der Waals surface area contributed by atoms with E-state index in [2.05, 4.69) is 25.6 Å². The number of amides is 1. The molecular weight excluding hydrogens is 472 g/mol. The first-order chi connectivity index (χ1) is 17.5. The second-order valence-electron chi connectivity index (χ2n) is 8.19. The summed E-state index contributed by atoms with van der Waals surface area (Å²) in [6.45, 7) is 1.12. The van der Waals surface area contributed by atoms with Gasteiger partial charge in [0.15, 0.2) is 23.2 Å². The van der Waals surface area contributed by atoms with E-state index >= 15 is 0 Å². The quantitative estimate of drug-likeness (QED) is 0.197. The topological polar surface area (TPSA) is 173 Å². The number of methoxy groups -OCH3 is 1. The molecule has 194 valence electrons. The fourth-order valence-corrected chi connectivity index (χ4v) is 3.91. The third-order valence-corrected chi connectivity index (χ3v) is 5.76. The van der Waals surface area contributed by atoms with Crippen LogP contribution in [0.4, 0.5) is 5.82 Å². The Labute approximate surface area is 207 Å². The van der Waals surface area contributed by atoms with Gasteiger partial charge in [-0.25, -0.2) is 15.0 Å². The van der Waals surface area contributed by atoms with Gasteiger partial charge in [0.05, 0.1) is 39.7 Å². The zero-order valence-electron chi connectivity index (χ0n) is 19.8. The van der Waals surface area contributed by atoms with E-state index in [9.17, 15) is 20.1 Å². The summed E-state index contributed by atoms with van der Waals surface area (Å²) < 4.78 is 17.8. The lowest BCUT2D eigenvalue weighted by atomic mass is 10.1. The lowest BCUT2D eigenvalue weighted by molar-refractivity contribution is -0.120. The number of aromatic nitrogens is 4. The first-order valence-electron chi connectivity index (χ1n) is 11.5. The molecule has 1 fully saturated rings. The zero-order valence-corrected chi connectivity index (χ0v) is 19.8. The molecule has 36 heavy (non-hydrogen) atoms. The molecule has 0 saturated carbocycles. The van der Waals surface area contributed by atoms with E-state index < -0.39 is 31.1 Å². The molecule has 1 saturated heterocycles. The number of fused-ring (bicyclic) bond motifs is 1. The number of rotatable bonds is 12. The maximum Gasteiger partial charge on any atom is 0.224 e. The average Bonchev–Trinajstić information content (AvgIpc) is 3.44. The minimum atomic E-state index is -1.24. The van der Waals surface area contributed by atoms with Crippen LogP contribution in [0.1, 0.15) is 11.8 Å². The molecule has 1 aliphatic heterocycles. The normalized spacial score (nSPS) is 21.6. The zero-order chi connectivity index (χ0) is 25.5.